The van der Waals surface area contributed by atoms with Crippen molar-refractivity contribution in [2.24, 2.45) is 0 Å². The van der Waals surface area contributed by atoms with Crippen molar-refractivity contribution in [3.8, 4) is 0 Å². The van der Waals surface area contributed by atoms with E-state index >= 15 is 0 Å². The summed E-state index contributed by atoms with van der Waals surface area (Å²) < 4.78 is 1.62. The number of nitrogens with zero attached hydrogens (tertiary/aromatic N) is 4. The maximum atomic E-state index is 12.4. The lowest BCUT2D eigenvalue weighted by Gasteiger charge is -2.34. The molecule has 1 aliphatic heterocycles. The molecule has 1 aliphatic rings. The number of fused-ring (bicyclic) bond motifs is 1. The fourth-order valence-electron chi connectivity index (χ4n) is 2.34. The first-order chi connectivity index (χ1) is 9.15. The zero-order valence-corrected chi connectivity index (χ0v) is 10.9. The maximum Gasteiger partial charge on any atom is 0.279 e. The highest BCUT2D eigenvalue weighted by Crippen LogP contribution is 2.04. The lowest BCUT2D eigenvalue weighted by atomic mass is 9.95. The molecule has 3 rings (SSSR count). The van der Waals surface area contributed by atoms with Crippen LogP contribution in [-0.4, -0.2) is 55.6 Å². The summed E-state index contributed by atoms with van der Waals surface area (Å²) in [5.41, 5.74) is 1.24. The van der Waals surface area contributed by atoms with Gasteiger partial charge in [-0.15, -0.1) is 0 Å². The third-order valence-electron chi connectivity index (χ3n) is 3.55. The van der Waals surface area contributed by atoms with Crippen molar-refractivity contribution in [2.45, 2.75) is 0 Å². The summed E-state index contributed by atoms with van der Waals surface area (Å²) in [6.45, 7) is 3.57. The van der Waals surface area contributed by atoms with Gasteiger partial charge < -0.3 is 9.91 Å². The summed E-state index contributed by atoms with van der Waals surface area (Å²) in [7, 11) is 7.79. The van der Waals surface area contributed by atoms with E-state index in [9.17, 15) is 4.79 Å². The van der Waals surface area contributed by atoms with Gasteiger partial charge >= 0.3 is 0 Å². The second-order valence-corrected chi connectivity index (χ2v) is 4.93. The molecule has 0 saturated carbocycles. The average Bonchev–Trinajstić information content (AvgIpc) is 2.40. The SMILES string of the molecule is [B]c1ccc2c(=O)n(N3CCN(C)CC3)cnc2c1. The fraction of sp³-hybridized carbons (Fsp3) is 0.385. The van der Waals surface area contributed by atoms with Gasteiger partial charge in [-0.3, -0.25) is 4.79 Å². The first-order valence-electron chi connectivity index (χ1n) is 6.36. The van der Waals surface area contributed by atoms with Crippen LogP contribution in [0.5, 0.6) is 0 Å². The van der Waals surface area contributed by atoms with E-state index in [-0.39, 0.29) is 5.56 Å². The molecule has 96 valence electrons. The average molecular weight is 254 g/mol. The van der Waals surface area contributed by atoms with Gasteiger partial charge in [0.1, 0.15) is 14.2 Å². The third kappa shape index (κ3) is 2.23. The smallest absolute Gasteiger partial charge is 0.279 e. The molecule has 2 aromatic rings. The van der Waals surface area contributed by atoms with Crippen LogP contribution in [0.3, 0.4) is 0 Å². The van der Waals surface area contributed by atoms with Crippen molar-refractivity contribution >= 4 is 24.2 Å². The predicted octanol–water partition coefficient (Wildman–Crippen LogP) is -0.926. The van der Waals surface area contributed by atoms with E-state index in [4.69, 9.17) is 7.85 Å². The van der Waals surface area contributed by atoms with Gasteiger partial charge in [0.25, 0.3) is 5.56 Å². The molecule has 0 spiro atoms. The largest absolute Gasteiger partial charge is 0.306 e. The monoisotopic (exact) mass is 254 g/mol. The van der Waals surface area contributed by atoms with Crippen molar-refractivity contribution in [3.05, 3.63) is 34.9 Å². The summed E-state index contributed by atoms with van der Waals surface area (Å²) in [5, 5.41) is 2.64. The van der Waals surface area contributed by atoms with Gasteiger partial charge in [0.15, 0.2) is 0 Å². The zero-order chi connectivity index (χ0) is 13.4. The minimum absolute atomic E-state index is 0.0328. The minimum atomic E-state index is -0.0328. The van der Waals surface area contributed by atoms with E-state index in [0.29, 0.717) is 16.4 Å². The Balaban J connectivity index is 2.03. The van der Waals surface area contributed by atoms with Gasteiger partial charge in [0, 0.05) is 26.2 Å². The number of aromatic nitrogens is 2. The van der Waals surface area contributed by atoms with E-state index in [2.05, 4.69) is 16.9 Å². The number of rotatable bonds is 1. The standard InChI is InChI=1S/C13H15BN4O/c1-16-4-6-17(7-5-16)18-9-15-12-8-10(14)2-3-11(12)13(18)19/h2-3,8-9H,4-7H2,1H3. The van der Waals surface area contributed by atoms with Crippen LogP contribution in [0, 0.1) is 0 Å². The Morgan fingerprint density at radius 2 is 1.95 bits per heavy atom. The van der Waals surface area contributed by atoms with Crippen LogP contribution < -0.4 is 16.0 Å². The summed E-state index contributed by atoms with van der Waals surface area (Å²) in [6, 6.07) is 5.21. The Bertz CT molecular complexity index is 661. The van der Waals surface area contributed by atoms with Gasteiger partial charge in [-0.1, -0.05) is 11.5 Å². The lowest BCUT2D eigenvalue weighted by Crippen LogP contribution is -2.53. The highest BCUT2D eigenvalue weighted by atomic mass is 16.1. The molecule has 6 heteroatoms. The molecule has 2 radical (unpaired) electrons. The van der Waals surface area contributed by atoms with Gasteiger partial charge in [-0.2, -0.15) is 0 Å². The van der Waals surface area contributed by atoms with Gasteiger partial charge in [-0.25, -0.2) is 9.66 Å². The van der Waals surface area contributed by atoms with Crippen LogP contribution >= 0.6 is 0 Å². The van der Waals surface area contributed by atoms with Crippen LogP contribution in [0.15, 0.2) is 29.3 Å². The van der Waals surface area contributed by atoms with Crippen molar-refractivity contribution in [1.29, 1.82) is 0 Å². The molecule has 2 heterocycles. The number of hydrogen-bond acceptors (Lipinski definition) is 4. The Kier molecular flexibility index (Phi) is 3.02. The molecule has 0 unspecified atom stereocenters. The van der Waals surface area contributed by atoms with Gasteiger partial charge in [0.05, 0.1) is 10.9 Å². The van der Waals surface area contributed by atoms with Crippen LogP contribution in [0.25, 0.3) is 10.9 Å². The summed E-state index contributed by atoms with van der Waals surface area (Å²) >= 11 is 0. The summed E-state index contributed by atoms with van der Waals surface area (Å²) in [6.07, 6.45) is 1.59. The molecular formula is C13H15BN4O. The molecule has 0 aliphatic carbocycles. The Morgan fingerprint density at radius 1 is 1.21 bits per heavy atom. The van der Waals surface area contributed by atoms with E-state index in [1.807, 2.05) is 5.01 Å². The molecule has 1 saturated heterocycles. The van der Waals surface area contributed by atoms with Crippen LogP contribution in [0.4, 0.5) is 0 Å². The molecule has 0 atom stereocenters. The quantitative estimate of drug-likeness (QED) is 0.617. The molecule has 1 aromatic heterocycles. The normalized spacial score (nSPS) is 17.0. The first kappa shape index (κ1) is 12.2. The van der Waals surface area contributed by atoms with E-state index in [1.165, 1.54) is 0 Å². The Morgan fingerprint density at radius 3 is 2.68 bits per heavy atom. The summed E-state index contributed by atoms with van der Waals surface area (Å²) in [5.74, 6) is 0. The van der Waals surface area contributed by atoms with Crippen molar-refractivity contribution in [1.82, 2.24) is 14.6 Å². The molecule has 5 nitrogen and oxygen atoms in total. The highest BCUT2D eigenvalue weighted by molar-refractivity contribution is 6.33. The maximum absolute atomic E-state index is 12.4. The zero-order valence-electron chi connectivity index (χ0n) is 10.9. The number of likely N-dealkylation sites (N-methyl/N-ethyl adjacent to an activating group) is 1. The minimum Gasteiger partial charge on any atom is -0.306 e. The first-order valence-corrected chi connectivity index (χ1v) is 6.36. The molecule has 1 fully saturated rings. The van der Waals surface area contributed by atoms with Crippen LogP contribution in [-0.2, 0) is 0 Å². The van der Waals surface area contributed by atoms with Gasteiger partial charge in [-0.05, 0) is 19.2 Å². The molecule has 0 bridgehead atoms. The molecular weight excluding hydrogens is 239 g/mol. The van der Waals surface area contributed by atoms with E-state index in [1.54, 1.807) is 29.2 Å². The van der Waals surface area contributed by atoms with Crippen LogP contribution in [0.2, 0.25) is 0 Å². The van der Waals surface area contributed by atoms with Crippen molar-refractivity contribution in [3.63, 3.8) is 0 Å². The second kappa shape index (κ2) is 4.70. The second-order valence-electron chi connectivity index (χ2n) is 4.93. The summed E-state index contributed by atoms with van der Waals surface area (Å²) in [4.78, 5) is 19.0. The molecule has 1 aromatic carbocycles. The molecule has 19 heavy (non-hydrogen) atoms. The molecule has 0 N–H and O–H groups in total. The lowest BCUT2D eigenvalue weighted by molar-refractivity contribution is 0.285. The predicted molar refractivity (Wildman–Crippen MR) is 76.8 cm³/mol. The topological polar surface area (TPSA) is 41.4 Å². The van der Waals surface area contributed by atoms with Crippen molar-refractivity contribution < 1.29 is 0 Å². The van der Waals surface area contributed by atoms with Crippen LogP contribution in [0.1, 0.15) is 0 Å². The number of piperazine rings is 1. The molecule has 0 amide bonds. The van der Waals surface area contributed by atoms with Crippen molar-refractivity contribution in [2.75, 3.05) is 38.2 Å². The number of hydrogen-bond donors (Lipinski definition) is 0. The number of benzene rings is 1. The van der Waals surface area contributed by atoms with Gasteiger partial charge in [0.2, 0.25) is 0 Å². The van der Waals surface area contributed by atoms with E-state index < -0.39 is 0 Å². The highest BCUT2D eigenvalue weighted by Gasteiger charge is 2.16. The van der Waals surface area contributed by atoms with E-state index in [0.717, 1.165) is 26.2 Å². The fourth-order valence-corrected chi connectivity index (χ4v) is 2.34. The Hall–Kier alpha value is -1.82. The Labute approximate surface area is 112 Å². The third-order valence-corrected chi connectivity index (χ3v) is 3.55.